The van der Waals surface area contributed by atoms with Gasteiger partial charge < -0.3 is 4.90 Å². The zero-order valence-corrected chi connectivity index (χ0v) is 19.0. The molecule has 2 N–H and O–H groups in total. The highest BCUT2D eigenvalue weighted by Crippen LogP contribution is 2.35. The molecule has 8 nitrogen and oxygen atoms in total. The van der Waals surface area contributed by atoms with E-state index in [1.165, 1.54) is 16.2 Å². The first-order valence-corrected chi connectivity index (χ1v) is 12.2. The molecule has 1 fully saturated rings. The lowest BCUT2D eigenvalue weighted by atomic mass is 9.95. The molecule has 1 aromatic carbocycles. The second kappa shape index (κ2) is 7.45. The van der Waals surface area contributed by atoms with Crippen molar-refractivity contribution in [3.8, 4) is 0 Å². The number of piperidine rings is 1. The van der Waals surface area contributed by atoms with E-state index < -0.39 is 22.0 Å². The number of rotatable bonds is 4. The van der Waals surface area contributed by atoms with E-state index in [2.05, 4.69) is 10.0 Å². The highest BCUT2D eigenvalue weighted by Gasteiger charge is 2.40. The fourth-order valence-electron chi connectivity index (χ4n) is 3.74. The molecule has 3 amide bonds. The van der Waals surface area contributed by atoms with E-state index in [0.29, 0.717) is 16.8 Å². The molecule has 10 heteroatoms. The first-order chi connectivity index (χ1) is 14.5. The van der Waals surface area contributed by atoms with Gasteiger partial charge in [0.05, 0.1) is 5.69 Å². The quantitative estimate of drug-likeness (QED) is 0.680. The van der Waals surface area contributed by atoms with E-state index in [9.17, 15) is 22.8 Å². The molecule has 0 radical (unpaired) electrons. The number of anilines is 1. The summed E-state index contributed by atoms with van der Waals surface area (Å²) in [5, 5.41) is 2.26. The van der Waals surface area contributed by atoms with Gasteiger partial charge in [0.2, 0.25) is 11.8 Å². The van der Waals surface area contributed by atoms with Crippen LogP contribution in [0, 0.1) is 0 Å². The number of amides is 3. The van der Waals surface area contributed by atoms with Gasteiger partial charge in [0, 0.05) is 29.0 Å². The molecule has 1 atom stereocenters. The number of imide groups is 1. The maximum Gasteiger partial charge on any atom is 0.271 e. The molecule has 0 spiro atoms. The Kier molecular flexibility index (Phi) is 5.17. The monoisotopic (exact) mass is 461 g/mol. The number of carbonyl (C=O) groups is 3. The smallest absolute Gasteiger partial charge is 0.271 e. The van der Waals surface area contributed by atoms with Crippen molar-refractivity contribution >= 4 is 44.8 Å². The van der Waals surface area contributed by atoms with E-state index in [4.69, 9.17) is 0 Å². The van der Waals surface area contributed by atoms with Crippen LogP contribution in [0.2, 0.25) is 0 Å². The fraction of sp³-hybridized carbons (Fsp3) is 0.381. The number of nitrogens with one attached hydrogen (secondary N) is 2. The second-order valence-corrected chi connectivity index (χ2v) is 11.7. The van der Waals surface area contributed by atoms with Gasteiger partial charge in [-0.2, -0.15) is 0 Å². The van der Waals surface area contributed by atoms with E-state index in [1.54, 1.807) is 24.3 Å². The number of nitrogens with zero attached hydrogens (tertiary/aromatic N) is 1. The van der Waals surface area contributed by atoms with E-state index in [1.807, 2.05) is 26.8 Å². The molecule has 31 heavy (non-hydrogen) atoms. The third-order valence-electron chi connectivity index (χ3n) is 5.41. The number of benzene rings is 1. The second-order valence-electron chi connectivity index (χ2n) is 8.71. The third-order valence-corrected chi connectivity index (χ3v) is 8.78. The maximum absolute atomic E-state index is 13.0. The zero-order valence-electron chi connectivity index (χ0n) is 17.4. The SMILES string of the molecule is CC(C)(C)c1ccc(S(=O)(=O)Nc2cccc3c2CN(C2CCC(=O)NC2=O)C3=O)s1. The lowest BCUT2D eigenvalue weighted by molar-refractivity contribution is -0.136. The summed E-state index contributed by atoms with van der Waals surface area (Å²) < 4.78 is 28.8. The summed E-state index contributed by atoms with van der Waals surface area (Å²) in [6, 6.07) is 7.46. The van der Waals surface area contributed by atoms with Crippen molar-refractivity contribution in [1.82, 2.24) is 10.2 Å². The van der Waals surface area contributed by atoms with Crippen LogP contribution in [-0.2, 0) is 31.6 Å². The Bertz CT molecular complexity index is 1190. The normalized spacial score (nSPS) is 19.4. The third kappa shape index (κ3) is 3.97. The van der Waals surface area contributed by atoms with Crippen LogP contribution in [0.5, 0.6) is 0 Å². The Hall–Kier alpha value is -2.72. The van der Waals surface area contributed by atoms with Crippen molar-refractivity contribution in [3.05, 3.63) is 46.3 Å². The minimum atomic E-state index is -3.84. The van der Waals surface area contributed by atoms with Crippen LogP contribution in [0.15, 0.2) is 34.5 Å². The van der Waals surface area contributed by atoms with Crippen molar-refractivity contribution in [3.63, 3.8) is 0 Å². The summed E-state index contributed by atoms with van der Waals surface area (Å²) in [5.74, 6) is -1.21. The fourth-order valence-corrected chi connectivity index (χ4v) is 6.20. The molecule has 2 aliphatic rings. The summed E-state index contributed by atoms with van der Waals surface area (Å²) in [6.07, 6.45) is 0.404. The highest BCUT2D eigenvalue weighted by atomic mass is 32.2. The molecular formula is C21H23N3O5S2. The minimum Gasteiger partial charge on any atom is -0.322 e. The van der Waals surface area contributed by atoms with Crippen LogP contribution >= 0.6 is 11.3 Å². The summed E-state index contributed by atoms with van der Waals surface area (Å²) in [4.78, 5) is 38.9. The van der Waals surface area contributed by atoms with Crippen LogP contribution in [-0.4, -0.2) is 37.1 Å². The number of hydrogen-bond acceptors (Lipinski definition) is 6. The van der Waals surface area contributed by atoms with Crippen molar-refractivity contribution in [1.29, 1.82) is 0 Å². The van der Waals surface area contributed by atoms with Gasteiger partial charge in [-0.05, 0) is 36.1 Å². The van der Waals surface area contributed by atoms with E-state index in [-0.39, 0.29) is 40.8 Å². The molecule has 2 aliphatic heterocycles. The van der Waals surface area contributed by atoms with Gasteiger partial charge in [-0.3, -0.25) is 24.4 Å². The summed E-state index contributed by atoms with van der Waals surface area (Å²) in [6.45, 7) is 6.14. The van der Waals surface area contributed by atoms with Gasteiger partial charge in [-0.25, -0.2) is 8.42 Å². The summed E-state index contributed by atoms with van der Waals surface area (Å²) >= 11 is 1.21. The van der Waals surface area contributed by atoms with E-state index >= 15 is 0 Å². The number of thiophene rings is 1. The molecule has 0 saturated carbocycles. The lowest BCUT2D eigenvalue weighted by Gasteiger charge is -2.29. The molecular weight excluding hydrogens is 438 g/mol. The van der Waals surface area contributed by atoms with Gasteiger partial charge in [0.25, 0.3) is 15.9 Å². The van der Waals surface area contributed by atoms with Crippen LogP contribution in [0.3, 0.4) is 0 Å². The van der Waals surface area contributed by atoms with Crippen LogP contribution in [0.1, 0.15) is 54.4 Å². The largest absolute Gasteiger partial charge is 0.322 e. The predicted octanol–water partition coefficient (Wildman–Crippen LogP) is 2.61. The zero-order chi connectivity index (χ0) is 22.6. The van der Waals surface area contributed by atoms with Crippen molar-refractivity contribution in [2.75, 3.05) is 4.72 Å². The lowest BCUT2D eigenvalue weighted by Crippen LogP contribution is -2.52. The Morgan fingerprint density at radius 1 is 1.13 bits per heavy atom. The topological polar surface area (TPSA) is 113 Å². The number of carbonyl (C=O) groups excluding carboxylic acids is 3. The number of fused-ring (bicyclic) bond motifs is 1. The van der Waals surface area contributed by atoms with Gasteiger partial charge in [0.15, 0.2) is 0 Å². The van der Waals surface area contributed by atoms with Crippen molar-refractivity contribution in [2.45, 2.75) is 55.8 Å². The van der Waals surface area contributed by atoms with Crippen molar-refractivity contribution < 1.29 is 22.8 Å². The maximum atomic E-state index is 13.0. The standard InChI is InChI=1S/C21H23N3O5S2/c1-21(2,3)16-8-10-18(30-16)31(28,29)23-14-6-4-5-12-13(14)11-24(20(12)27)15-7-9-17(25)22-19(15)26/h4-6,8,10,15,23H,7,9,11H2,1-3H3,(H,22,25,26). The molecule has 2 aromatic rings. The number of hydrogen-bond donors (Lipinski definition) is 2. The van der Waals surface area contributed by atoms with Crippen LogP contribution in [0.25, 0.3) is 0 Å². The van der Waals surface area contributed by atoms with Gasteiger partial charge in [-0.15, -0.1) is 11.3 Å². The molecule has 4 rings (SSSR count). The molecule has 0 aliphatic carbocycles. The average molecular weight is 462 g/mol. The van der Waals surface area contributed by atoms with E-state index in [0.717, 1.165) is 4.88 Å². The summed E-state index contributed by atoms with van der Waals surface area (Å²) in [7, 11) is -3.84. The van der Waals surface area contributed by atoms with Gasteiger partial charge in [0.1, 0.15) is 10.3 Å². The van der Waals surface area contributed by atoms with Crippen LogP contribution < -0.4 is 10.0 Å². The first-order valence-electron chi connectivity index (χ1n) is 9.87. The molecule has 1 unspecified atom stereocenters. The molecule has 0 bridgehead atoms. The molecule has 1 saturated heterocycles. The highest BCUT2D eigenvalue weighted by molar-refractivity contribution is 7.94. The Morgan fingerprint density at radius 2 is 1.87 bits per heavy atom. The van der Waals surface area contributed by atoms with Gasteiger partial charge in [-0.1, -0.05) is 26.8 Å². The predicted molar refractivity (Wildman–Crippen MR) is 116 cm³/mol. The minimum absolute atomic E-state index is 0.0941. The Labute approximate surface area is 184 Å². The molecule has 164 valence electrons. The molecule has 3 heterocycles. The average Bonchev–Trinajstić information content (AvgIpc) is 3.29. The van der Waals surface area contributed by atoms with Gasteiger partial charge >= 0.3 is 0 Å². The van der Waals surface area contributed by atoms with Crippen molar-refractivity contribution in [2.24, 2.45) is 0 Å². The summed E-state index contributed by atoms with van der Waals surface area (Å²) in [5.41, 5.74) is 1.02. The molecule has 1 aromatic heterocycles. The Balaban J connectivity index is 1.61. The first kappa shape index (κ1) is 21.5. The Morgan fingerprint density at radius 3 is 2.52 bits per heavy atom. The number of sulfonamides is 1. The van der Waals surface area contributed by atoms with Crippen LogP contribution in [0.4, 0.5) is 5.69 Å².